The van der Waals surface area contributed by atoms with Gasteiger partial charge in [-0.05, 0) is 31.1 Å². The molecule has 1 aromatic rings. The number of non-ortho nitro benzene ring substituents is 1. The number of hydrazine groups is 1. The Labute approximate surface area is 169 Å². The Balaban J connectivity index is 2.16. The number of hydrogen-bond donors (Lipinski definition) is 3. The van der Waals surface area contributed by atoms with Gasteiger partial charge in [-0.15, -0.1) is 0 Å². The number of anilines is 1. The first kappa shape index (κ1) is 22.3. The van der Waals surface area contributed by atoms with Gasteiger partial charge in [0.1, 0.15) is 4.90 Å². The molecule has 3 N–H and O–H groups in total. The Kier molecular flexibility index (Phi) is 7.92. The van der Waals surface area contributed by atoms with Crippen LogP contribution < -0.4 is 16.2 Å². The molecular formula is C16H25N5O5S2. The summed E-state index contributed by atoms with van der Waals surface area (Å²) in [4.78, 5) is 10.3. The van der Waals surface area contributed by atoms with Crippen molar-refractivity contribution < 1.29 is 18.1 Å². The van der Waals surface area contributed by atoms with Gasteiger partial charge in [0, 0.05) is 38.4 Å². The first-order valence-corrected chi connectivity index (χ1v) is 10.8. The average Bonchev–Trinajstić information content (AvgIpc) is 3.18. The van der Waals surface area contributed by atoms with Crippen molar-refractivity contribution in [3.63, 3.8) is 0 Å². The number of nitrogens with one attached hydrogen (secondary N) is 3. The molecule has 1 aromatic carbocycles. The summed E-state index contributed by atoms with van der Waals surface area (Å²) in [6, 6.07) is 3.61. The van der Waals surface area contributed by atoms with Gasteiger partial charge in [-0.3, -0.25) is 21.0 Å². The Morgan fingerprint density at radius 1 is 1.39 bits per heavy atom. The summed E-state index contributed by atoms with van der Waals surface area (Å²) >= 11 is 5.18. The van der Waals surface area contributed by atoms with Crippen molar-refractivity contribution in [3.05, 3.63) is 28.3 Å². The largest absolute Gasteiger partial charge is 0.376 e. The van der Waals surface area contributed by atoms with Crippen LogP contribution in [0.25, 0.3) is 0 Å². The molecule has 10 nitrogen and oxygen atoms in total. The normalized spacial score (nSPS) is 16.8. The summed E-state index contributed by atoms with van der Waals surface area (Å²) in [5.74, 6) is 0. The van der Waals surface area contributed by atoms with Crippen molar-refractivity contribution in [2.45, 2.75) is 37.7 Å². The topological polar surface area (TPSA) is 126 Å². The summed E-state index contributed by atoms with van der Waals surface area (Å²) in [5.41, 5.74) is 5.32. The van der Waals surface area contributed by atoms with E-state index in [1.807, 2.05) is 0 Å². The predicted octanol–water partition coefficient (Wildman–Crippen LogP) is 1.60. The van der Waals surface area contributed by atoms with Crippen molar-refractivity contribution >= 4 is 38.7 Å². The second-order valence-electron chi connectivity index (χ2n) is 6.12. The zero-order chi connectivity index (χ0) is 20.7. The molecule has 1 saturated heterocycles. The molecule has 1 fully saturated rings. The van der Waals surface area contributed by atoms with Gasteiger partial charge in [0.2, 0.25) is 10.0 Å². The molecule has 1 aliphatic rings. The van der Waals surface area contributed by atoms with Crippen LogP contribution in [0.1, 0.15) is 26.7 Å². The monoisotopic (exact) mass is 431 g/mol. The van der Waals surface area contributed by atoms with Crippen molar-refractivity contribution in [3.8, 4) is 0 Å². The number of hydrogen-bond acceptors (Lipinski definition) is 7. The van der Waals surface area contributed by atoms with E-state index in [1.165, 1.54) is 16.4 Å². The van der Waals surface area contributed by atoms with Gasteiger partial charge in [-0.25, -0.2) is 8.42 Å². The lowest BCUT2D eigenvalue weighted by molar-refractivity contribution is -0.385. The van der Waals surface area contributed by atoms with Gasteiger partial charge < -0.3 is 10.1 Å². The van der Waals surface area contributed by atoms with Gasteiger partial charge in [0.25, 0.3) is 5.69 Å². The molecule has 0 amide bonds. The van der Waals surface area contributed by atoms with Gasteiger partial charge in [0.15, 0.2) is 5.11 Å². The van der Waals surface area contributed by atoms with Gasteiger partial charge in [-0.2, -0.15) is 4.31 Å². The molecule has 0 radical (unpaired) electrons. The summed E-state index contributed by atoms with van der Waals surface area (Å²) in [6.45, 7) is 5.17. The number of benzene rings is 1. The van der Waals surface area contributed by atoms with E-state index in [2.05, 4.69) is 16.2 Å². The first-order valence-electron chi connectivity index (χ1n) is 8.99. The lowest BCUT2D eigenvalue weighted by atomic mass is 10.2. The fourth-order valence-corrected chi connectivity index (χ4v) is 4.58. The second kappa shape index (κ2) is 9.96. The zero-order valence-corrected chi connectivity index (χ0v) is 17.4. The lowest BCUT2D eigenvalue weighted by Gasteiger charge is -2.21. The Hall–Kier alpha value is -2.02. The fourth-order valence-electron chi connectivity index (χ4n) is 2.82. The number of nitro benzene ring substituents is 1. The maximum Gasteiger partial charge on any atom is 0.270 e. The molecule has 1 heterocycles. The minimum Gasteiger partial charge on any atom is -0.376 e. The minimum atomic E-state index is -3.92. The lowest BCUT2D eigenvalue weighted by Crippen LogP contribution is -2.42. The Morgan fingerprint density at radius 3 is 2.68 bits per heavy atom. The molecule has 156 valence electrons. The van der Waals surface area contributed by atoms with Crippen molar-refractivity contribution in [1.29, 1.82) is 0 Å². The van der Waals surface area contributed by atoms with Crippen LogP contribution in [0.3, 0.4) is 0 Å². The van der Waals surface area contributed by atoms with Gasteiger partial charge in [0.05, 0.1) is 16.7 Å². The van der Waals surface area contributed by atoms with Crippen LogP contribution in [0, 0.1) is 10.1 Å². The van der Waals surface area contributed by atoms with Crippen LogP contribution in [-0.2, 0) is 14.8 Å². The van der Waals surface area contributed by atoms with E-state index in [1.54, 1.807) is 13.8 Å². The maximum atomic E-state index is 12.9. The second-order valence-corrected chi connectivity index (χ2v) is 8.44. The standard InChI is InChI=1S/C16H25N5O5S2/c1-3-20(4-2)28(24,25)15-10-12(21(22)23)7-8-14(15)18-19-16(27)17-11-13-6-5-9-26-13/h7-8,10,13,18H,3-6,9,11H2,1-2H3,(H2,17,19,27). The summed E-state index contributed by atoms with van der Waals surface area (Å²) in [5, 5.41) is 14.4. The molecule has 0 bridgehead atoms. The minimum absolute atomic E-state index is 0.0951. The number of nitrogens with zero attached hydrogens (tertiary/aromatic N) is 2. The highest BCUT2D eigenvalue weighted by Crippen LogP contribution is 2.28. The van der Waals surface area contributed by atoms with Crippen molar-refractivity contribution in [2.24, 2.45) is 0 Å². The molecule has 0 aliphatic carbocycles. The van der Waals surface area contributed by atoms with E-state index in [4.69, 9.17) is 17.0 Å². The fraction of sp³-hybridized carbons (Fsp3) is 0.562. The highest BCUT2D eigenvalue weighted by Gasteiger charge is 2.27. The molecule has 12 heteroatoms. The summed E-state index contributed by atoms with van der Waals surface area (Å²) < 4.78 is 32.5. The van der Waals surface area contributed by atoms with E-state index >= 15 is 0 Å². The number of ether oxygens (including phenoxy) is 1. The molecule has 0 aromatic heterocycles. The molecule has 28 heavy (non-hydrogen) atoms. The summed E-state index contributed by atoms with van der Waals surface area (Å²) in [6.07, 6.45) is 2.07. The van der Waals surface area contributed by atoms with Crippen LogP contribution in [0.5, 0.6) is 0 Å². The molecule has 0 saturated carbocycles. The van der Waals surface area contributed by atoms with Gasteiger partial charge in [-0.1, -0.05) is 13.8 Å². The molecule has 1 aliphatic heterocycles. The third-order valence-corrected chi connectivity index (χ3v) is 6.66. The molecule has 1 atom stereocenters. The number of thiocarbonyl (C=S) groups is 1. The first-order chi connectivity index (χ1) is 13.3. The SMILES string of the molecule is CCN(CC)S(=O)(=O)c1cc([N+](=O)[O-])ccc1NNC(=S)NCC1CCCO1. The number of rotatable bonds is 9. The van der Waals surface area contributed by atoms with Crippen molar-refractivity contribution in [1.82, 2.24) is 15.0 Å². The molecule has 1 unspecified atom stereocenters. The van der Waals surface area contributed by atoms with Crippen LogP contribution in [0.15, 0.2) is 23.1 Å². The number of sulfonamides is 1. The third kappa shape index (κ3) is 5.50. The third-order valence-electron chi connectivity index (χ3n) is 4.32. The molecular weight excluding hydrogens is 406 g/mol. The van der Waals surface area contributed by atoms with Crippen LogP contribution >= 0.6 is 12.2 Å². The smallest absolute Gasteiger partial charge is 0.270 e. The van der Waals surface area contributed by atoms with Crippen LogP contribution in [0.4, 0.5) is 11.4 Å². The predicted molar refractivity (Wildman–Crippen MR) is 110 cm³/mol. The van der Waals surface area contributed by atoms with E-state index in [0.29, 0.717) is 6.54 Å². The highest BCUT2D eigenvalue weighted by atomic mass is 32.2. The van der Waals surface area contributed by atoms with E-state index in [0.717, 1.165) is 25.5 Å². The van der Waals surface area contributed by atoms with E-state index in [-0.39, 0.29) is 40.6 Å². The van der Waals surface area contributed by atoms with E-state index < -0.39 is 14.9 Å². The van der Waals surface area contributed by atoms with Crippen molar-refractivity contribution in [2.75, 3.05) is 31.7 Å². The molecule has 0 spiro atoms. The molecule has 2 rings (SSSR count). The maximum absolute atomic E-state index is 12.9. The van der Waals surface area contributed by atoms with Gasteiger partial charge >= 0.3 is 0 Å². The average molecular weight is 432 g/mol. The Bertz CT molecular complexity index is 808. The number of nitro groups is 1. The quantitative estimate of drug-likeness (QED) is 0.303. The highest BCUT2D eigenvalue weighted by molar-refractivity contribution is 7.89. The van der Waals surface area contributed by atoms with Crippen LogP contribution in [-0.4, -0.2) is 55.1 Å². The summed E-state index contributed by atoms with van der Waals surface area (Å²) in [7, 11) is -3.92. The van der Waals surface area contributed by atoms with Crippen LogP contribution in [0.2, 0.25) is 0 Å². The van der Waals surface area contributed by atoms with E-state index in [9.17, 15) is 18.5 Å². The Morgan fingerprint density at radius 2 is 2.11 bits per heavy atom. The zero-order valence-electron chi connectivity index (χ0n) is 15.8.